The van der Waals surface area contributed by atoms with Gasteiger partial charge < -0.3 is 9.47 Å². The summed E-state index contributed by atoms with van der Waals surface area (Å²) in [5.74, 6) is 1.93. The minimum atomic E-state index is 0.294. The Hall–Kier alpha value is -0.450. The van der Waals surface area contributed by atoms with Gasteiger partial charge in [-0.1, -0.05) is 111 Å². The molecule has 1 aromatic rings. The van der Waals surface area contributed by atoms with Gasteiger partial charge in [-0.2, -0.15) is 0 Å². The lowest BCUT2D eigenvalue weighted by Gasteiger charge is -2.24. The zero-order valence-corrected chi connectivity index (χ0v) is 24.5. The lowest BCUT2D eigenvalue weighted by atomic mass is 10.0. The molecule has 192 valence electrons. The van der Waals surface area contributed by atoms with Crippen LogP contribution >= 0.6 is 22.6 Å². The van der Waals surface area contributed by atoms with E-state index in [2.05, 4.69) is 68.5 Å². The van der Waals surface area contributed by atoms with Gasteiger partial charge in [0.05, 0.1) is 15.8 Å². The van der Waals surface area contributed by atoms with Crippen molar-refractivity contribution < 1.29 is 9.47 Å². The summed E-state index contributed by atoms with van der Waals surface area (Å²) in [4.78, 5) is 0. The zero-order valence-electron chi connectivity index (χ0n) is 22.3. The van der Waals surface area contributed by atoms with Crippen LogP contribution in [0.4, 0.5) is 0 Å². The molecule has 0 spiro atoms. The standard InChI is InChI=1S/C30H53IO2/c1-5-9-11-13-15-17-22-26(20-7-3)32-29-25-19-24-28(31)30(29)33-27(21-8-4)23-18-16-14-12-10-6-2/h19,24-27H,5-18,20-23H2,1-4H3. The number of hydrogen-bond donors (Lipinski definition) is 0. The lowest BCUT2D eigenvalue weighted by Crippen LogP contribution is -2.20. The molecule has 0 bridgehead atoms. The second-order valence-corrected chi connectivity index (χ2v) is 10.9. The largest absolute Gasteiger partial charge is 0.487 e. The van der Waals surface area contributed by atoms with Crippen LogP contribution in [0.1, 0.15) is 143 Å². The van der Waals surface area contributed by atoms with Crippen molar-refractivity contribution in [3.8, 4) is 11.5 Å². The molecular weight excluding hydrogens is 519 g/mol. The molecule has 33 heavy (non-hydrogen) atoms. The molecule has 0 saturated heterocycles. The Morgan fingerprint density at radius 2 is 1.06 bits per heavy atom. The van der Waals surface area contributed by atoms with Gasteiger partial charge in [0.15, 0.2) is 11.5 Å². The van der Waals surface area contributed by atoms with E-state index in [4.69, 9.17) is 9.47 Å². The lowest BCUT2D eigenvalue weighted by molar-refractivity contribution is 0.140. The van der Waals surface area contributed by atoms with Gasteiger partial charge in [0.2, 0.25) is 0 Å². The molecule has 0 aliphatic carbocycles. The van der Waals surface area contributed by atoms with Crippen molar-refractivity contribution in [3.05, 3.63) is 21.8 Å². The van der Waals surface area contributed by atoms with E-state index in [0.29, 0.717) is 12.2 Å². The molecule has 0 radical (unpaired) electrons. The molecule has 0 N–H and O–H groups in total. The van der Waals surface area contributed by atoms with E-state index < -0.39 is 0 Å². The first-order valence-corrected chi connectivity index (χ1v) is 15.4. The fraction of sp³-hybridized carbons (Fsp3) is 0.800. The molecule has 0 aliphatic rings. The molecule has 1 rings (SSSR count). The summed E-state index contributed by atoms with van der Waals surface area (Å²) in [5.41, 5.74) is 0. The minimum absolute atomic E-state index is 0.294. The van der Waals surface area contributed by atoms with Crippen LogP contribution in [0, 0.1) is 3.57 Å². The van der Waals surface area contributed by atoms with E-state index in [9.17, 15) is 0 Å². The van der Waals surface area contributed by atoms with Crippen molar-refractivity contribution in [3.63, 3.8) is 0 Å². The first-order valence-electron chi connectivity index (χ1n) is 14.3. The highest BCUT2D eigenvalue weighted by Gasteiger charge is 2.19. The predicted octanol–water partition coefficient (Wildman–Crippen LogP) is 10.9. The van der Waals surface area contributed by atoms with Crippen LogP contribution in [0.15, 0.2) is 18.2 Å². The Labute approximate surface area is 220 Å². The number of halogens is 1. The maximum absolute atomic E-state index is 6.66. The highest BCUT2D eigenvalue weighted by Crippen LogP contribution is 2.36. The molecule has 2 unspecified atom stereocenters. The van der Waals surface area contributed by atoms with Crippen molar-refractivity contribution in [2.24, 2.45) is 0 Å². The quantitative estimate of drug-likeness (QED) is 0.102. The smallest absolute Gasteiger partial charge is 0.174 e. The molecule has 0 fully saturated rings. The van der Waals surface area contributed by atoms with Crippen LogP contribution in [-0.4, -0.2) is 12.2 Å². The van der Waals surface area contributed by atoms with Gasteiger partial charge in [-0.15, -0.1) is 0 Å². The summed E-state index contributed by atoms with van der Waals surface area (Å²) in [6.07, 6.45) is 23.5. The van der Waals surface area contributed by atoms with E-state index >= 15 is 0 Å². The van der Waals surface area contributed by atoms with Crippen molar-refractivity contribution >= 4 is 22.6 Å². The number of para-hydroxylation sites is 1. The van der Waals surface area contributed by atoms with Gasteiger partial charge in [0.1, 0.15) is 0 Å². The Balaban J connectivity index is 2.68. The summed E-state index contributed by atoms with van der Waals surface area (Å²) in [7, 11) is 0. The fourth-order valence-corrected chi connectivity index (χ4v) is 5.12. The van der Waals surface area contributed by atoms with Crippen LogP contribution in [0.5, 0.6) is 11.5 Å². The van der Waals surface area contributed by atoms with Gasteiger partial charge in [0, 0.05) is 0 Å². The first kappa shape index (κ1) is 30.6. The highest BCUT2D eigenvalue weighted by atomic mass is 127. The van der Waals surface area contributed by atoms with Crippen molar-refractivity contribution in [2.75, 3.05) is 0 Å². The third-order valence-electron chi connectivity index (χ3n) is 6.49. The summed E-state index contributed by atoms with van der Waals surface area (Å²) >= 11 is 2.42. The topological polar surface area (TPSA) is 18.5 Å². The van der Waals surface area contributed by atoms with Crippen LogP contribution < -0.4 is 9.47 Å². The normalized spacial score (nSPS) is 13.1. The van der Waals surface area contributed by atoms with Crippen molar-refractivity contribution in [1.29, 1.82) is 0 Å². The molecule has 1 aromatic carbocycles. The summed E-state index contributed by atoms with van der Waals surface area (Å²) in [6, 6.07) is 6.38. The van der Waals surface area contributed by atoms with E-state index in [-0.39, 0.29) is 0 Å². The third kappa shape index (κ3) is 14.5. The third-order valence-corrected chi connectivity index (χ3v) is 7.34. The van der Waals surface area contributed by atoms with Gasteiger partial charge in [-0.25, -0.2) is 0 Å². The van der Waals surface area contributed by atoms with Crippen molar-refractivity contribution in [1.82, 2.24) is 0 Å². The zero-order chi connectivity index (χ0) is 24.2. The molecule has 0 heterocycles. The molecule has 0 saturated carbocycles. The Kier molecular flexibility index (Phi) is 19.4. The molecule has 2 atom stereocenters. The van der Waals surface area contributed by atoms with Crippen LogP contribution in [0.3, 0.4) is 0 Å². The summed E-state index contributed by atoms with van der Waals surface area (Å²) < 4.78 is 14.4. The fourth-order valence-electron chi connectivity index (χ4n) is 4.52. The Morgan fingerprint density at radius 3 is 1.58 bits per heavy atom. The number of unbranched alkanes of at least 4 members (excludes halogenated alkanes) is 10. The first-order chi connectivity index (χ1) is 16.2. The summed E-state index contributed by atoms with van der Waals surface area (Å²) in [5, 5.41) is 0. The van der Waals surface area contributed by atoms with Gasteiger partial charge in [0.25, 0.3) is 0 Å². The van der Waals surface area contributed by atoms with Crippen LogP contribution in [0.25, 0.3) is 0 Å². The number of hydrogen-bond acceptors (Lipinski definition) is 2. The average Bonchev–Trinajstić information content (AvgIpc) is 2.80. The van der Waals surface area contributed by atoms with Crippen molar-refractivity contribution in [2.45, 2.75) is 155 Å². The van der Waals surface area contributed by atoms with Gasteiger partial charge in [-0.3, -0.25) is 0 Å². The minimum Gasteiger partial charge on any atom is -0.487 e. The molecule has 0 amide bonds. The Bertz CT molecular complexity index is 574. The Morgan fingerprint density at radius 1 is 0.576 bits per heavy atom. The molecule has 0 aromatic heterocycles. The summed E-state index contributed by atoms with van der Waals surface area (Å²) in [6.45, 7) is 9.10. The van der Waals surface area contributed by atoms with Crippen LogP contribution in [-0.2, 0) is 0 Å². The number of ether oxygens (including phenoxy) is 2. The molecule has 3 heteroatoms. The molecular formula is C30H53IO2. The predicted molar refractivity (Wildman–Crippen MR) is 154 cm³/mol. The van der Waals surface area contributed by atoms with Gasteiger partial charge >= 0.3 is 0 Å². The van der Waals surface area contributed by atoms with Crippen LogP contribution in [0.2, 0.25) is 0 Å². The second-order valence-electron chi connectivity index (χ2n) is 9.74. The van der Waals surface area contributed by atoms with E-state index in [0.717, 1.165) is 50.0 Å². The van der Waals surface area contributed by atoms with Gasteiger partial charge in [-0.05, 0) is 73.2 Å². The highest BCUT2D eigenvalue weighted by molar-refractivity contribution is 14.1. The maximum Gasteiger partial charge on any atom is 0.174 e. The SMILES string of the molecule is CCCCCCCCC(CCC)Oc1cccc(I)c1OC(CCC)CCCCCCCC. The van der Waals surface area contributed by atoms with E-state index in [1.54, 1.807) is 0 Å². The second kappa shape index (κ2) is 20.9. The van der Waals surface area contributed by atoms with E-state index in [1.807, 2.05) is 0 Å². The van der Waals surface area contributed by atoms with E-state index in [1.165, 1.54) is 80.6 Å². The number of rotatable bonds is 22. The molecule has 0 aliphatic heterocycles. The monoisotopic (exact) mass is 572 g/mol. The number of benzene rings is 1. The maximum atomic E-state index is 6.66. The average molecular weight is 573 g/mol. The molecule has 2 nitrogen and oxygen atoms in total.